The van der Waals surface area contributed by atoms with Crippen molar-refractivity contribution in [3.8, 4) is 0 Å². The molecule has 0 fully saturated rings. The zero-order valence-electron chi connectivity index (χ0n) is 4.72. The smallest absolute Gasteiger partial charge is 0.391 e. The fraction of sp³-hybridized carbons (Fsp3) is 0.333. The molecule has 11 heavy (non-hydrogen) atoms. The van der Waals surface area contributed by atoms with E-state index >= 15 is 0 Å². The molecule has 0 atom stereocenters. The predicted octanol–water partition coefficient (Wildman–Crippen LogP) is 4.48. The van der Waals surface area contributed by atoms with Gasteiger partial charge in [-0.1, -0.05) is 0 Å². The van der Waals surface area contributed by atoms with Crippen LogP contribution in [0.1, 0.15) is 0 Å². The minimum atomic E-state index is -2.94. The molecule has 0 saturated heterocycles. The van der Waals surface area contributed by atoms with E-state index in [-0.39, 0.29) is 0 Å². The van der Waals surface area contributed by atoms with Gasteiger partial charge < -0.3 is 40.2 Å². The van der Waals surface area contributed by atoms with Gasteiger partial charge >= 0.3 is 24.8 Å². The molecule has 8 heteroatoms. The first-order chi connectivity index (χ1) is 4.63. The second-order valence-corrected chi connectivity index (χ2v) is 16.1. The summed E-state index contributed by atoms with van der Waals surface area (Å²) >= 11 is 15.8. The average molecular weight is 311 g/mol. The van der Waals surface area contributed by atoms with Gasteiger partial charge in [-0.3, -0.25) is 0 Å². The topological polar surface area (TPSA) is 0 Å². The van der Waals surface area contributed by atoms with Crippen LogP contribution < -0.4 is 0 Å². The van der Waals surface area contributed by atoms with Gasteiger partial charge in [0.2, 0.25) is 0 Å². The van der Waals surface area contributed by atoms with E-state index in [1.807, 2.05) is 0 Å². The Morgan fingerprint density at radius 3 is 1.18 bits per heavy atom. The molecule has 0 unspecified atom stereocenters. The van der Waals surface area contributed by atoms with Gasteiger partial charge in [0.1, 0.15) is 0 Å². The quantitative estimate of drug-likeness (QED) is 0.351. The van der Waals surface area contributed by atoms with Crippen molar-refractivity contribution in [1.82, 2.24) is 0 Å². The number of rotatable bonds is 0. The lowest BCUT2D eigenvalue weighted by Crippen LogP contribution is -1.91. The van der Waals surface area contributed by atoms with Crippen molar-refractivity contribution >= 4 is 84.4 Å². The second kappa shape index (κ2) is 4.63. The SMILES string of the molecule is ClC1=[C+]C1(Cl)Cl.[Cl][Al-]([Cl])([Cl])[Cl]. The Morgan fingerprint density at radius 1 is 1.09 bits per heavy atom. The number of alkyl halides is 2. The summed E-state index contributed by atoms with van der Waals surface area (Å²) in [4.78, 5) is 0. The number of hydrogen-bond acceptors (Lipinski definition) is 0. The van der Waals surface area contributed by atoms with Crippen molar-refractivity contribution in [2.45, 2.75) is 4.33 Å². The van der Waals surface area contributed by atoms with Gasteiger partial charge in [0.25, 0.3) is 0 Å². The summed E-state index contributed by atoms with van der Waals surface area (Å²) in [6.45, 7) is 0. The maximum atomic E-state index is 5.28. The van der Waals surface area contributed by atoms with Crippen LogP contribution in [0.3, 0.4) is 0 Å². The van der Waals surface area contributed by atoms with E-state index in [0.717, 1.165) is 0 Å². The van der Waals surface area contributed by atoms with Crippen LogP contribution >= 0.6 is 75.0 Å². The van der Waals surface area contributed by atoms with Gasteiger partial charge in [-0.25, -0.2) is 0 Å². The molecule has 0 nitrogen and oxygen atoms in total. The Kier molecular flexibility index (Phi) is 5.56. The number of allylic oxidation sites excluding steroid dienone is 2. The molecule has 0 bridgehead atoms. The molecular formula is C3AlCl7. The van der Waals surface area contributed by atoms with Crippen molar-refractivity contribution in [2.75, 3.05) is 0 Å². The fourth-order valence-corrected chi connectivity index (χ4v) is 0.534. The molecule has 0 heterocycles. The zero-order chi connectivity index (χ0) is 9.28. The minimum Gasteiger partial charge on any atom is -0.391 e. The van der Waals surface area contributed by atoms with Gasteiger partial charge in [-0.05, 0) is 34.8 Å². The number of hydrogen-bond donors (Lipinski definition) is 0. The molecule has 0 spiro atoms. The number of halogens is 7. The van der Waals surface area contributed by atoms with Gasteiger partial charge in [-0.15, -0.1) is 0 Å². The molecule has 0 aromatic heterocycles. The van der Waals surface area contributed by atoms with E-state index in [0.29, 0.717) is 5.03 Å². The Morgan fingerprint density at radius 2 is 1.18 bits per heavy atom. The van der Waals surface area contributed by atoms with Crippen molar-refractivity contribution in [3.63, 3.8) is 0 Å². The summed E-state index contributed by atoms with van der Waals surface area (Å²) in [6, 6.07) is 0. The van der Waals surface area contributed by atoms with Crippen LogP contribution in [-0.2, 0) is 0 Å². The maximum absolute atomic E-state index is 5.28. The first-order valence-electron chi connectivity index (χ1n) is 2.19. The van der Waals surface area contributed by atoms with Crippen LogP contribution in [0.4, 0.5) is 0 Å². The standard InChI is InChI=1S/C3Cl3.Al.4ClH/c4-2-1-3(2,5)6;;;;;/h;;4*1H/q+1;+3;;;;/p-4. The molecule has 0 saturated carbocycles. The van der Waals surface area contributed by atoms with Crippen LogP contribution in [0.25, 0.3) is 0 Å². The van der Waals surface area contributed by atoms with Crippen molar-refractivity contribution in [3.05, 3.63) is 11.1 Å². The molecule has 0 aliphatic heterocycles. The molecule has 0 aromatic rings. The van der Waals surface area contributed by atoms with Crippen LogP contribution in [0.5, 0.6) is 0 Å². The first kappa shape index (κ1) is 13.2. The maximum Gasteiger partial charge on any atom is 0.564 e. The van der Waals surface area contributed by atoms with Crippen molar-refractivity contribution in [2.24, 2.45) is 0 Å². The third-order valence-corrected chi connectivity index (χ3v) is 1.62. The Hall–Kier alpha value is 2.21. The van der Waals surface area contributed by atoms with Crippen LogP contribution in [0.15, 0.2) is 5.03 Å². The van der Waals surface area contributed by atoms with Crippen LogP contribution in [0.2, 0.25) is 0 Å². The van der Waals surface area contributed by atoms with Gasteiger partial charge in [0.15, 0.2) is 0 Å². The summed E-state index contributed by atoms with van der Waals surface area (Å²) in [5.74, 6) is 0. The Bertz CT molecular complexity index is 161. The molecule has 0 radical (unpaired) electrons. The van der Waals surface area contributed by atoms with E-state index in [4.69, 9.17) is 75.0 Å². The van der Waals surface area contributed by atoms with Crippen LogP contribution in [0, 0.1) is 6.08 Å². The van der Waals surface area contributed by atoms with Crippen LogP contribution in [-0.4, -0.2) is 13.7 Å². The minimum absolute atomic E-state index is 0.408. The molecule has 0 N–H and O–H groups in total. The largest absolute Gasteiger partial charge is 0.564 e. The molecule has 64 valence electrons. The zero-order valence-corrected chi connectivity index (χ0v) is 11.2. The normalized spacial score (nSPS) is 19.0. The molecule has 1 rings (SSSR count). The van der Waals surface area contributed by atoms with Gasteiger partial charge in [0.05, 0.1) is 0 Å². The van der Waals surface area contributed by atoms with E-state index in [1.54, 1.807) is 0 Å². The lowest BCUT2D eigenvalue weighted by Gasteiger charge is -1.97. The fourth-order valence-electron chi connectivity index (χ4n) is 0.107. The second-order valence-electron chi connectivity index (χ2n) is 1.51. The van der Waals surface area contributed by atoms with Crippen molar-refractivity contribution < 1.29 is 0 Å². The van der Waals surface area contributed by atoms with Gasteiger partial charge in [-0.2, -0.15) is 0 Å². The highest BCUT2D eigenvalue weighted by molar-refractivity contribution is 7.81. The molecule has 1 aliphatic carbocycles. The highest BCUT2D eigenvalue weighted by Gasteiger charge is 2.62. The molecule has 0 aromatic carbocycles. The van der Waals surface area contributed by atoms with E-state index in [2.05, 4.69) is 6.08 Å². The third-order valence-electron chi connectivity index (χ3n) is 0.480. The monoisotopic (exact) mass is 308 g/mol. The van der Waals surface area contributed by atoms with E-state index < -0.39 is 13.7 Å². The molecule has 0 amide bonds. The Labute approximate surface area is 98.8 Å². The Balaban J connectivity index is 0.000000187. The first-order valence-corrected chi connectivity index (χ1v) is 10.3. The highest BCUT2D eigenvalue weighted by Crippen LogP contribution is 2.46. The van der Waals surface area contributed by atoms with E-state index in [1.165, 1.54) is 0 Å². The third kappa shape index (κ3) is 10.1. The van der Waals surface area contributed by atoms with Gasteiger partial charge in [0, 0.05) is 0 Å². The van der Waals surface area contributed by atoms with E-state index in [9.17, 15) is 0 Å². The summed E-state index contributed by atoms with van der Waals surface area (Å²) in [5, 5.41) is 0.408. The molecular weight excluding hydrogens is 311 g/mol. The summed E-state index contributed by atoms with van der Waals surface area (Å²) in [7, 11) is 17.0. The highest BCUT2D eigenvalue weighted by atomic mass is 35.9. The summed E-state index contributed by atoms with van der Waals surface area (Å²) in [6.07, 6.45) is 2.48. The lowest BCUT2D eigenvalue weighted by molar-refractivity contribution is 1.47. The average Bonchev–Trinajstić information content (AvgIpc) is 2.04. The summed E-state index contributed by atoms with van der Waals surface area (Å²) in [5.41, 5.74) is 0. The summed E-state index contributed by atoms with van der Waals surface area (Å²) < 4.78 is -0.915. The predicted molar refractivity (Wildman–Crippen MR) is 56.2 cm³/mol. The van der Waals surface area contributed by atoms with Crippen molar-refractivity contribution in [1.29, 1.82) is 0 Å². The lowest BCUT2D eigenvalue weighted by atomic mass is 10.8. The molecule has 1 aliphatic rings.